The molecule has 0 radical (unpaired) electrons. The second-order valence-electron chi connectivity index (χ2n) is 2.71. The van der Waals surface area contributed by atoms with E-state index in [9.17, 15) is 0 Å². The third-order valence-electron chi connectivity index (χ3n) is 1.76. The van der Waals surface area contributed by atoms with Crippen LogP contribution >= 0.6 is 22.6 Å². The van der Waals surface area contributed by atoms with Gasteiger partial charge in [-0.05, 0) is 23.7 Å². The van der Waals surface area contributed by atoms with Crippen LogP contribution in [0.5, 0.6) is 0 Å². The summed E-state index contributed by atoms with van der Waals surface area (Å²) in [7, 11) is 0. The highest BCUT2D eigenvalue weighted by atomic mass is 127. The highest BCUT2D eigenvalue weighted by Gasteiger charge is 2.14. The third kappa shape index (κ3) is 4.28. The first-order chi connectivity index (χ1) is 5.43. The quantitative estimate of drug-likeness (QED) is 0.434. The molecule has 1 rings (SSSR count). The molecule has 3 heteroatoms. The van der Waals surface area contributed by atoms with E-state index in [1.54, 1.807) is 0 Å². The molecular formula is C8H15IO2. The van der Waals surface area contributed by atoms with Crippen molar-refractivity contribution in [2.75, 3.05) is 17.6 Å². The Morgan fingerprint density at radius 1 is 1.09 bits per heavy atom. The van der Waals surface area contributed by atoms with Gasteiger partial charge in [0.2, 0.25) is 0 Å². The molecule has 1 aliphatic rings. The third-order valence-corrected chi connectivity index (χ3v) is 2.53. The van der Waals surface area contributed by atoms with Crippen LogP contribution in [0.2, 0.25) is 0 Å². The summed E-state index contributed by atoms with van der Waals surface area (Å²) < 4.78 is 11.9. The average molecular weight is 270 g/mol. The first kappa shape index (κ1) is 9.74. The van der Waals surface area contributed by atoms with Gasteiger partial charge in [-0.25, -0.2) is 0 Å². The van der Waals surface area contributed by atoms with Crippen molar-refractivity contribution in [1.29, 1.82) is 0 Å². The molecule has 0 aliphatic carbocycles. The normalized spacial score (nSPS) is 19.4. The van der Waals surface area contributed by atoms with Gasteiger partial charge in [0, 0.05) is 0 Å². The molecule has 0 aromatic carbocycles. The fourth-order valence-corrected chi connectivity index (χ4v) is 1.70. The number of ether oxygens (including phenoxy) is 2. The maximum atomic E-state index is 5.31. The Kier molecular flexibility index (Phi) is 5.49. The minimum atomic E-state index is 0.115. The van der Waals surface area contributed by atoms with Gasteiger partial charge in [-0.3, -0.25) is 0 Å². The monoisotopic (exact) mass is 270 g/mol. The Morgan fingerprint density at radius 3 is 2.45 bits per heavy atom. The molecule has 1 saturated heterocycles. The topological polar surface area (TPSA) is 18.5 Å². The zero-order chi connectivity index (χ0) is 7.94. The van der Waals surface area contributed by atoms with Crippen LogP contribution in [0.3, 0.4) is 0 Å². The van der Waals surface area contributed by atoms with Gasteiger partial charge in [-0.15, -0.1) is 0 Å². The van der Waals surface area contributed by atoms with Crippen molar-refractivity contribution >= 4 is 22.6 Å². The first-order valence-electron chi connectivity index (χ1n) is 4.22. The fourth-order valence-electron chi connectivity index (χ4n) is 1.16. The van der Waals surface area contributed by atoms with Crippen molar-refractivity contribution in [2.24, 2.45) is 0 Å². The molecular weight excluding hydrogens is 255 g/mol. The fraction of sp³-hybridized carbons (Fsp3) is 1.00. The Balaban J connectivity index is 1.86. The summed E-state index contributed by atoms with van der Waals surface area (Å²) in [5.41, 5.74) is 0. The number of halogens is 1. The van der Waals surface area contributed by atoms with Crippen molar-refractivity contribution in [3.05, 3.63) is 0 Å². The molecule has 0 bridgehead atoms. The molecule has 1 aliphatic heterocycles. The van der Waals surface area contributed by atoms with E-state index >= 15 is 0 Å². The molecule has 1 heterocycles. The maximum Gasteiger partial charge on any atom is 0.157 e. The lowest BCUT2D eigenvalue weighted by Crippen LogP contribution is -2.06. The van der Waals surface area contributed by atoms with Crippen molar-refractivity contribution < 1.29 is 9.47 Å². The van der Waals surface area contributed by atoms with E-state index in [0.717, 1.165) is 19.6 Å². The molecule has 2 nitrogen and oxygen atoms in total. The second kappa shape index (κ2) is 6.20. The van der Waals surface area contributed by atoms with E-state index in [2.05, 4.69) is 22.6 Å². The van der Waals surface area contributed by atoms with Gasteiger partial charge in [-0.2, -0.15) is 0 Å². The molecule has 0 spiro atoms. The highest BCUT2D eigenvalue weighted by molar-refractivity contribution is 14.1. The van der Waals surface area contributed by atoms with Gasteiger partial charge in [0.15, 0.2) is 6.29 Å². The summed E-state index contributed by atoms with van der Waals surface area (Å²) in [4.78, 5) is 0. The summed E-state index contributed by atoms with van der Waals surface area (Å²) >= 11 is 2.41. The zero-order valence-electron chi connectivity index (χ0n) is 6.72. The maximum absolute atomic E-state index is 5.31. The van der Waals surface area contributed by atoms with E-state index in [-0.39, 0.29) is 6.29 Å². The summed E-state index contributed by atoms with van der Waals surface area (Å²) in [6.07, 6.45) is 5.08. The standard InChI is InChI=1S/C8H15IO2/c9-5-3-1-2-4-8-10-6-7-11-8/h8H,1-7H2. The second-order valence-corrected chi connectivity index (χ2v) is 3.79. The summed E-state index contributed by atoms with van der Waals surface area (Å²) in [5.74, 6) is 0. The van der Waals surface area contributed by atoms with Crippen LogP contribution in [0.4, 0.5) is 0 Å². The predicted octanol–water partition coefficient (Wildman–Crippen LogP) is 2.35. The number of hydrogen-bond donors (Lipinski definition) is 0. The van der Waals surface area contributed by atoms with Crippen LogP contribution in [0.1, 0.15) is 25.7 Å². The molecule has 0 N–H and O–H groups in total. The van der Waals surface area contributed by atoms with Gasteiger partial charge in [-0.1, -0.05) is 29.0 Å². The van der Waals surface area contributed by atoms with Crippen molar-refractivity contribution in [2.45, 2.75) is 32.0 Å². The predicted molar refractivity (Wildman–Crippen MR) is 53.0 cm³/mol. The van der Waals surface area contributed by atoms with Crippen LogP contribution in [-0.4, -0.2) is 23.9 Å². The Bertz CT molecular complexity index is 92.1. The number of unbranched alkanes of at least 4 members (excludes halogenated alkanes) is 2. The van der Waals surface area contributed by atoms with E-state index in [1.807, 2.05) is 0 Å². The Morgan fingerprint density at radius 2 is 1.82 bits per heavy atom. The lowest BCUT2D eigenvalue weighted by Gasteiger charge is -2.07. The van der Waals surface area contributed by atoms with E-state index in [0.29, 0.717) is 0 Å². The minimum absolute atomic E-state index is 0.115. The van der Waals surface area contributed by atoms with Crippen LogP contribution in [0, 0.1) is 0 Å². The van der Waals surface area contributed by atoms with E-state index in [4.69, 9.17) is 9.47 Å². The van der Waals surface area contributed by atoms with Crippen LogP contribution in [0.15, 0.2) is 0 Å². The van der Waals surface area contributed by atoms with Gasteiger partial charge >= 0.3 is 0 Å². The lowest BCUT2D eigenvalue weighted by molar-refractivity contribution is -0.0479. The number of alkyl halides is 1. The molecule has 11 heavy (non-hydrogen) atoms. The SMILES string of the molecule is ICCCCCC1OCCO1. The van der Waals surface area contributed by atoms with Crippen molar-refractivity contribution in [1.82, 2.24) is 0 Å². The summed E-state index contributed by atoms with van der Waals surface area (Å²) in [6.45, 7) is 1.58. The summed E-state index contributed by atoms with van der Waals surface area (Å²) in [6, 6.07) is 0. The molecule has 0 unspecified atom stereocenters. The van der Waals surface area contributed by atoms with Gasteiger partial charge in [0.05, 0.1) is 13.2 Å². The molecule has 0 saturated carbocycles. The van der Waals surface area contributed by atoms with Gasteiger partial charge < -0.3 is 9.47 Å². The number of hydrogen-bond acceptors (Lipinski definition) is 2. The lowest BCUT2D eigenvalue weighted by atomic mass is 10.2. The zero-order valence-corrected chi connectivity index (χ0v) is 8.88. The largest absolute Gasteiger partial charge is 0.350 e. The molecule has 0 aromatic heterocycles. The summed E-state index contributed by atoms with van der Waals surface area (Å²) in [5, 5.41) is 0. The van der Waals surface area contributed by atoms with E-state index in [1.165, 1.54) is 23.7 Å². The molecule has 1 fully saturated rings. The van der Waals surface area contributed by atoms with Gasteiger partial charge in [0.1, 0.15) is 0 Å². The first-order valence-corrected chi connectivity index (χ1v) is 5.75. The molecule has 0 amide bonds. The van der Waals surface area contributed by atoms with Crippen LogP contribution in [0.25, 0.3) is 0 Å². The average Bonchev–Trinajstić information content (AvgIpc) is 2.50. The molecule has 0 aromatic rings. The highest BCUT2D eigenvalue weighted by Crippen LogP contribution is 2.12. The van der Waals surface area contributed by atoms with Crippen molar-refractivity contribution in [3.63, 3.8) is 0 Å². The Hall–Kier alpha value is 0.650. The minimum Gasteiger partial charge on any atom is -0.350 e. The van der Waals surface area contributed by atoms with Crippen LogP contribution in [-0.2, 0) is 9.47 Å². The molecule has 66 valence electrons. The number of rotatable bonds is 5. The Labute approximate surface area is 81.8 Å². The van der Waals surface area contributed by atoms with Crippen molar-refractivity contribution in [3.8, 4) is 0 Å². The molecule has 0 atom stereocenters. The van der Waals surface area contributed by atoms with Gasteiger partial charge in [0.25, 0.3) is 0 Å². The smallest absolute Gasteiger partial charge is 0.157 e. The van der Waals surface area contributed by atoms with Crippen LogP contribution < -0.4 is 0 Å². The van der Waals surface area contributed by atoms with E-state index < -0.39 is 0 Å².